The van der Waals surface area contributed by atoms with Crippen molar-refractivity contribution in [1.82, 2.24) is 0 Å². The summed E-state index contributed by atoms with van der Waals surface area (Å²) < 4.78 is 10.2. The summed E-state index contributed by atoms with van der Waals surface area (Å²) in [6, 6.07) is 16.8. The summed E-state index contributed by atoms with van der Waals surface area (Å²) in [6.07, 6.45) is 0. The number of benzene rings is 2. The zero-order valence-electron chi connectivity index (χ0n) is 11.5. The Morgan fingerprint density at radius 1 is 0.818 bits per heavy atom. The van der Waals surface area contributed by atoms with Crippen molar-refractivity contribution in [3.05, 3.63) is 71.6 Å². The Hall–Kier alpha value is -2.57. The Kier molecular flexibility index (Phi) is 5.76. The van der Waals surface area contributed by atoms with E-state index in [1.54, 1.807) is 60.7 Å². The first-order chi connectivity index (χ1) is 10.7. The maximum Gasteiger partial charge on any atom is 0.351 e. The maximum absolute atomic E-state index is 12.1. The predicted molar refractivity (Wildman–Crippen MR) is 84.0 cm³/mol. The second-order valence-electron chi connectivity index (χ2n) is 4.07. The molecule has 0 aliphatic heterocycles. The van der Waals surface area contributed by atoms with Crippen molar-refractivity contribution < 1.29 is 19.1 Å². The highest BCUT2D eigenvalue weighted by molar-refractivity contribution is 8.00. The Balaban J connectivity index is 2.10. The van der Waals surface area contributed by atoms with E-state index in [2.05, 4.69) is 0 Å². The van der Waals surface area contributed by atoms with Crippen molar-refractivity contribution in [2.75, 3.05) is 0 Å². The number of carbonyl (C=O) groups is 2. The summed E-state index contributed by atoms with van der Waals surface area (Å²) in [5.74, 6) is -1.00. The summed E-state index contributed by atoms with van der Waals surface area (Å²) in [7, 11) is 0. The molecule has 0 unspecified atom stereocenters. The molecule has 0 radical (unpaired) electrons. The van der Waals surface area contributed by atoms with Gasteiger partial charge in [-0.25, -0.2) is 9.59 Å². The second-order valence-corrected chi connectivity index (χ2v) is 4.58. The van der Waals surface area contributed by atoms with Gasteiger partial charge >= 0.3 is 11.9 Å². The summed E-state index contributed by atoms with van der Waals surface area (Å²) in [5.41, 5.74) is -0.278. The van der Waals surface area contributed by atoms with Gasteiger partial charge in [-0.15, -0.1) is 0 Å². The molecule has 2 aromatic carbocycles. The van der Waals surface area contributed by atoms with Crippen LogP contribution in [0.3, 0.4) is 0 Å². The number of para-hydroxylation sites is 2. The Labute approximate surface area is 131 Å². The lowest BCUT2D eigenvalue weighted by Gasteiger charge is -2.08. The van der Waals surface area contributed by atoms with Crippen molar-refractivity contribution in [3.63, 3.8) is 0 Å². The van der Waals surface area contributed by atoms with Gasteiger partial charge in [-0.05, 0) is 24.3 Å². The van der Waals surface area contributed by atoms with Crippen molar-refractivity contribution in [3.8, 4) is 11.5 Å². The average Bonchev–Trinajstić information content (AvgIpc) is 2.54. The monoisotopic (exact) mass is 315 g/mol. The van der Waals surface area contributed by atoms with E-state index < -0.39 is 11.9 Å². The summed E-state index contributed by atoms with van der Waals surface area (Å²) in [4.78, 5) is 24.1. The largest absolute Gasteiger partial charge is 0.423 e. The van der Waals surface area contributed by atoms with E-state index in [0.717, 1.165) is 11.9 Å². The minimum atomic E-state index is -0.829. The van der Waals surface area contributed by atoms with Crippen LogP contribution in [-0.4, -0.2) is 11.9 Å². The number of hydrogen-bond acceptors (Lipinski definition) is 6. The second kappa shape index (κ2) is 8.02. The van der Waals surface area contributed by atoms with Gasteiger partial charge in [-0.2, -0.15) is 0 Å². The van der Waals surface area contributed by atoms with Crippen molar-refractivity contribution in [2.24, 2.45) is 5.14 Å². The first-order valence-electron chi connectivity index (χ1n) is 6.31. The van der Waals surface area contributed by atoms with E-state index in [-0.39, 0.29) is 5.57 Å². The predicted octanol–water partition coefficient (Wildman–Crippen LogP) is 2.69. The van der Waals surface area contributed by atoms with Crippen LogP contribution in [0.4, 0.5) is 0 Å². The van der Waals surface area contributed by atoms with Gasteiger partial charge in [0.1, 0.15) is 11.5 Å². The van der Waals surface area contributed by atoms with Crippen LogP contribution >= 0.6 is 11.9 Å². The fourth-order valence-corrected chi connectivity index (χ4v) is 1.88. The molecule has 22 heavy (non-hydrogen) atoms. The number of esters is 2. The minimum Gasteiger partial charge on any atom is -0.423 e. The molecule has 6 heteroatoms. The fourth-order valence-electron chi connectivity index (χ4n) is 1.55. The highest BCUT2D eigenvalue weighted by atomic mass is 32.2. The molecule has 0 atom stereocenters. The van der Waals surface area contributed by atoms with E-state index in [0.29, 0.717) is 11.5 Å². The number of hydrogen-bond donors (Lipinski definition) is 1. The lowest BCUT2D eigenvalue weighted by atomic mass is 10.3. The number of nitrogens with two attached hydrogens (primary N) is 1. The normalized spacial score (nSPS) is 9.68. The van der Waals surface area contributed by atoms with Gasteiger partial charge in [0.25, 0.3) is 0 Å². The molecule has 5 nitrogen and oxygen atoms in total. The minimum absolute atomic E-state index is 0.278. The van der Waals surface area contributed by atoms with Crippen LogP contribution in [0.15, 0.2) is 71.6 Å². The Morgan fingerprint density at radius 3 is 1.59 bits per heavy atom. The molecule has 0 fully saturated rings. The molecule has 2 rings (SSSR count). The lowest BCUT2D eigenvalue weighted by molar-refractivity contribution is -0.137. The van der Waals surface area contributed by atoms with Gasteiger partial charge in [0.05, 0.1) is 0 Å². The van der Waals surface area contributed by atoms with Crippen molar-refractivity contribution in [2.45, 2.75) is 0 Å². The third-order valence-corrected chi connectivity index (χ3v) is 2.91. The van der Waals surface area contributed by atoms with E-state index in [1.165, 1.54) is 5.41 Å². The van der Waals surface area contributed by atoms with Crippen LogP contribution in [0, 0.1) is 0 Å². The zero-order chi connectivity index (χ0) is 15.8. The van der Waals surface area contributed by atoms with Gasteiger partial charge in [0.2, 0.25) is 0 Å². The highest BCUT2D eigenvalue weighted by Crippen LogP contribution is 2.15. The maximum atomic E-state index is 12.1. The smallest absolute Gasteiger partial charge is 0.351 e. The summed E-state index contributed by atoms with van der Waals surface area (Å²) in [5, 5.41) is 6.51. The van der Waals surface area contributed by atoms with Gasteiger partial charge in [-0.3, -0.25) is 5.14 Å². The third-order valence-electron chi connectivity index (χ3n) is 2.53. The number of rotatable bonds is 5. The van der Waals surface area contributed by atoms with Crippen LogP contribution in [0.25, 0.3) is 0 Å². The first kappa shape index (κ1) is 15.8. The van der Waals surface area contributed by atoms with Crippen LogP contribution in [-0.2, 0) is 9.59 Å². The van der Waals surface area contributed by atoms with Crippen molar-refractivity contribution >= 4 is 23.9 Å². The Bertz CT molecular complexity index is 616. The number of ether oxygens (including phenoxy) is 2. The van der Waals surface area contributed by atoms with E-state index in [4.69, 9.17) is 14.6 Å². The molecular formula is C16H13NO4S. The van der Waals surface area contributed by atoms with Gasteiger partial charge in [0, 0.05) is 5.41 Å². The van der Waals surface area contributed by atoms with E-state index >= 15 is 0 Å². The standard InChI is InChI=1S/C16H13NO4S/c17-22-11-14(15(18)20-12-7-3-1-4-8-12)16(19)21-13-9-5-2-6-10-13/h1-11H,17H2. The molecule has 0 saturated carbocycles. The Morgan fingerprint density at radius 2 is 1.23 bits per heavy atom. The molecule has 0 heterocycles. The lowest BCUT2D eigenvalue weighted by Crippen LogP contribution is -2.22. The van der Waals surface area contributed by atoms with Gasteiger partial charge in [-0.1, -0.05) is 48.3 Å². The molecular weight excluding hydrogens is 302 g/mol. The zero-order valence-corrected chi connectivity index (χ0v) is 12.3. The molecule has 2 N–H and O–H groups in total. The molecule has 0 aromatic heterocycles. The molecule has 0 amide bonds. The third kappa shape index (κ3) is 4.47. The molecule has 0 aliphatic carbocycles. The van der Waals surface area contributed by atoms with Crippen LogP contribution < -0.4 is 14.6 Å². The fraction of sp³-hybridized carbons (Fsp3) is 0. The van der Waals surface area contributed by atoms with Gasteiger partial charge < -0.3 is 9.47 Å². The quantitative estimate of drug-likeness (QED) is 0.228. The molecule has 0 saturated heterocycles. The first-order valence-corrected chi connectivity index (χ1v) is 7.25. The molecule has 0 aliphatic rings. The topological polar surface area (TPSA) is 78.6 Å². The highest BCUT2D eigenvalue weighted by Gasteiger charge is 2.22. The van der Waals surface area contributed by atoms with E-state index in [9.17, 15) is 9.59 Å². The van der Waals surface area contributed by atoms with Crippen LogP contribution in [0.1, 0.15) is 0 Å². The summed E-state index contributed by atoms with van der Waals surface area (Å²) >= 11 is 0.724. The van der Waals surface area contributed by atoms with E-state index in [1.807, 2.05) is 0 Å². The molecule has 0 spiro atoms. The SMILES string of the molecule is NSC=C(C(=O)Oc1ccccc1)C(=O)Oc1ccccc1. The molecule has 112 valence electrons. The van der Waals surface area contributed by atoms with Crippen LogP contribution in [0.2, 0.25) is 0 Å². The number of carbonyl (C=O) groups excluding carboxylic acids is 2. The van der Waals surface area contributed by atoms with Crippen molar-refractivity contribution in [1.29, 1.82) is 0 Å². The molecule has 0 bridgehead atoms. The van der Waals surface area contributed by atoms with Crippen LogP contribution in [0.5, 0.6) is 11.5 Å². The summed E-state index contributed by atoms with van der Waals surface area (Å²) in [6.45, 7) is 0. The average molecular weight is 315 g/mol. The molecule has 2 aromatic rings. The van der Waals surface area contributed by atoms with Gasteiger partial charge in [0.15, 0.2) is 5.57 Å².